The zero-order chi connectivity index (χ0) is 93.7. The maximum Gasteiger partial charge on any atom is 0.472 e. The first-order valence-electron chi connectivity index (χ1n) is 53.8. The average molecular weight is 1910 g/mol. The average Bonchev–Trinajstić information content (AvgIpc) is 0.861. The third-order valence-corrected chi connectivity index (χ3v) is 36.3. The van der Waals surface area contributed by atoms with Crippen LogP contribution in [-0.2, 0) is 55.6 Å². The first-order valence-corrected chi connectivity index (χ1v) is 62.0. The molecule has 0 saturated heterocycles. The fourth-order valence-corrected chi connectivity index (χ4v) is 27.1. The number of ether oxygens (including phenoxy) is 6. The molecular formula is C104H215FO15P6. The molecule has 758 valence electrons. The van der Waals surface area contributed by atoms with E-state index in [1.165, 1.54) is 135 Å². The lowest BCUT2D eigenvalue weighted by molar-refractivity contribution is -0.0507. The fourth-order valence-electron chi connectivity index (χ4n) is 18.9. The van der Waals surface area contributed by atoms with E-state index in [0.717, 1.165) is 250 Å². The molecule has 0 aromatic rings. The topological polar surface area (TPSA) is 187 Å². The first kappa shape index (κ1) is 128. The molecule has 126 heavy (non-hydrogen) atoms. The van der Waals surface area contributed by atoms with Crippen LogP contribution in [0.3, 0.4) is 0 Å². The van der Waals surface area contributed by atoms with Crippen LogP contribution in [0.2, 0.25) is 0 Å². The molecule has 12 atom stereocenters. The van der Waals surface area contributed by atoms with Crippen LogP contribution in [0.4, 0.5) is 4.39 Å². The summed E-state index contributed by atoms with van der Waals surface area (Å²) < 4.78 is 110. The lowest BCUT2D eigenvalue weighted by Crippen LogP contribution is -2.33. The number of hydrogen-bond acceptors (Lipinski definition) is 13. The molecule has 0 radical (unpaired) electrons. The SMILES string of the molecule is CCCCC(CCCC)(CCCC)COCC(O)COP(=O)(O)OC(COCC(CCCC)(CCCC)CCCC)COP(=O)(O)OC(COCC(CCCC)(CCCC)CCCC)CPC(COCC(CCCC)(CCCC)CCCC)CPC(COCC(CCCC)(CCCC)CCCC)CPC(CCPCF)COCC(CCCC)(CCCC)CCCC. The van der Waals surface area contributed by atoms with Crippen molar-refractivity contribution in [1.29, 1.82) is 0 Å². The molecule has 0 aromatic heterocycles. The summed E-state index contributed by atoms with van der Waals surface area (Å²) in [5, 5.41) is 11.4. The molecule has 0 aliphatic heterocycles. The van der Waals surface area contributed by atoms with Gasteiger partial charge in [0.1, 0.15) is 18.6 Å². The number of halogens is 1. The van der Waals surface area contributed by atoms with Crippen molar-refractivity contribution in [3.8, 4) is 0 Å². The van der Waals surface area contributed by atoms with E-state index in [9.17, 15) is 23.8 Å². The van der Waals surface area contributed by atoms with Crippen LogP contribution in [-0.4, -0.2) is 174 Å². The van der Waals surface area contributed by atoms with Gasteiger partial charge in [0.05, 0.1) is 98.6 Å². The normalized spacial score (nSPS) is 15.7. The van der Waals surface area contributed by atoms with Gasteiger partial charge in [-0.25, -0.2) is 13.5 Å². The van der Waals surface area contributed by atoms with E-state index in [4.69, 9.17) is 46.5 Å². The van der Waals surface area contributed by atoms with Crippen molar-refractivity contribution in [2.45, 2.75) is 513 Å². The Morgan fingerprint density at radius 3 is 0.730 bits per heavy atom. The van der Waals surface area contributed by atoms with Gasteiger partial charge >= 0.3 is 15.6 Å². The van der Waals surface area contributed by atoms with Crippen molar-refractivity contribution in [2.75, 3.05) is 124 Å². The number of alkyl halides is 1. The molecule has 12 unspecified atom stereocenters. The van der Waals surface area contributed by atoms with Crippen LogP contribution >= 0.6 is 50.0 Å². The van der Waals surface area contributed by atoms with Gasteiger partial charge in [0.25, 0.3) is 0 Å². The predicted molar refractivity (Wildman–Crippen MR) is 553 cm³/mol. The summed E-state index contributed by atoms with van der Waals surface area (Å²) in [4.78, 5) is 24.2. The Morgan fingerprint density at radius 1 is 0.270 bits per heavy atom. The van der Waals surface area contributed by atoms with E-state index >= 15 is 4.57 Å². The maximum absolute atomic E-state index is 15.3. The van der Waals surface area contributed by atoms with E-state index in [-0.39, 0.29) is 78.6 Å². The highest BCUT2D eigenvalue weighted by molar-refractivity contribution is 7.48. The van der Waals surface area contributed by atoms with Crippen molar-refractivity contribution < 1.29 is 74.9 Å². The van der Waals surface area contributed by atoms with Gasteiger partial charge in [-0.1, -0.05) is 364 Å². The summed E-state index contributed by atoms with van der Waals surface area (Å²) in [6.07, 6.45) is 61.0. The smallest absolute Gasteiger partial charge is 0.388 e. The third kappa shape index (κ3) is 63.2. The summed E-state index contributed by atoms with van der Waals surface area (Å²) >= 11 is 0. The van der Waals surface area contributed by atoms with Gasteiger partial charge in [-0.05, 0) is 179 Å². The molecule has 0 amide bonds. The van der Waals surface area contributed by atoms with Crippen LogP contribution in [0, 0.1) is 32.5 Å². The number of hydrogen-bond donors (Lipinski definition) is 3. The van der Waals surface area contributed by atoms with Crippen molar-refractivity contribution in [3.05, 3.63) is 0 Å². The monoisotopic (exact) mass is 1910 g/mol. The summed E-state index contributed by atoms with van der Waals surface area (Å²) in [5.41, 5.74) is 0.963. The van der Waals surface area contributed by atoms with Gasteiger partial charge < -0.3 is 43.3 Å². The largest absolute Gasteiger partial charge is 0.472 e. The first-order chi connectivity index (χ1) is 60.9. The van der Waals surface area contributed by atoms with Crippen LogP contribution in [0.1, 0.15) is 478 Å². The number of aliphatic hydroxyl groups is 1. The fraction of sp³-hybridized carbons (Fsp3) is 1.00. The van der Waals surface area contributed by atoms with Crippen LogP contribution in [0.25, 0.3) is 0 Å². The van der Waals surface area contributed by atoms with Crippen molar-refractivity contribution in [3.63, 3.8) is 0 Å². The number of aliphatic hydroxyl groups excluding tert-OH is 1. The summed E-state index contributed by atoms with van der Waals surface area (Å²) in [6, 6.07) is 0. The summed E-state index contributed by atoms with van der Waals surface area (Å²) in [5.74, 6) is 0. The summed E-state index contributed by atoms with van der Waals surface area (Å²) in [6.45, 7) is 45.2. The standard InChI is InChI=1S/C104H215FO15P6/c1-19-37-56-99(57-38-20-2,58-39-21-3)86-111-75-93(106)76-117-125(107,108)119-94(77-112-87-100(59-40-22-4,60-41-23-5)61-42-24-6)79-118-126(109,110)120-95(78-113-88-101(62-43-25-7,63-44-26-8)64-45-27-9)83-122-97(81-115-90-103(68-49-31-13,69-50-32-14)70-51-33-15)85-124-98(82-116-91-104(71-52-34-16,72-53-35-17)73-54-36-18)84-123-96(55-74-121-92-105)80-114-89-102(65-46-28-10,66-47-29-11)67-48-30-12/h93-98,106,121-124H,19-92H2,1-18H3,(H,107,108)(H,109,110). The molecule has 0 aliphatic rings. The quantitative estimate of drug-likeness (QED) is 0.0385. The van der Waals surface area contributed by atoms with Crippen LogP contribution in [0.5, 0.6) is 0 Å². The molecule has 0 saturated carbocycles. The van der Waals surface area contributed by atoms with Gasteiger partial charge in [0.15, 0.2) is 0 Å². The van der Waals surface area contributed by atoms with E-state index in [2.05, 4.69) is 125 Å². The Balaban J connectivity index is 8.61. The Bertz CT molecular complexity index is 2330. The Hall–Kier alpha value is 1.59. The molecule has 0 bridgehead atoms. The number of phosphoric acid groups is 2. The zero-order valence-electron chi connectivity index (χ0n) is 86.3. The minimum absolute atomic E-state index is 0.00669. The Kier molecular flexibility index (Phi) is 83.5. The molecule has 22 heteroatoms. The highest BCUT2D eigenvalue weighted by Crippen LogP contribution is 2.51. The van der Waals surface area contributed by atoms with Gasteiger partial charge in [-0.15, -0.1) is 25.7 Å². The van der Waals surface area contributed by atoms with E-state index in [1.54, 1.807) is 0 Å². The zero-order valence-corrected chi connectivity index (χ0v) is 92.1. The minimum Gasteiger partial charge on any atom is -0.388 e. The molecule has 15 nitrogen and oxygen atoms in total. The number of phosphoric ester groups is 2. The van der Waals surface area contributed by atoms with Gasteiger partial charge in [-0.3, -0.25) is 18.1 Å². The van der Waals surface area contributed by atoms with Gasteiger partial charge in [-0.2, -0.15) is 0 Å². The predicted octanol–water partition coefficient (Wildman–Crippen LogP) is 32.9. The lowest BCUT2D eigenvalue weighted by Gasteiger charge is -2.36. The molecule has 0 heterocycles. The molecule has 0 aliphatic carbocycles. The number of rotatable bonds is 101. The second kappa shape index (κ2) is 82.5. The lowest BCUT2D eigenvalue weighted by atomic mass is 9.75. The van der Waals surface area contributed by atoms with Gasteiger partial charge in [0.2, 0.25) is 0 Å². The second-order valence-electron chi connectivity index (χ2n) is 39.8. The Labute approximate surface area is 789 Å². The molecule has 0 spiro atoms. The molecule has 0 aromatic carbocycles. The van der Waals surface area contributed by atoms with E-state index in [1.807, 2.05) is 0 Å². The summed E-state index contributed by atoms with van der Waals surface area (Å²) in [7, 11) is -8.21. The van der Waals surface area contributed by atoms with Crippen molar-refractivity contribution in [1.82, 2.24) is 0 Å². The second-order valence-corrected chi connectivity index (χ2v) is 48.8. The van der Waals surface area contributed by atoms with Gasteiger partial charge in [0, 0.05) is 17.0 Å². The van der Waals surface area contributed by atoms with E-state index < -0.39 is 47.2 Å². The van der Waals surface area contributed by atoms with Crippen molar-refractivity contribution >= 4 is 50.0 Å². The maximum atomic E-state index is 15.3. The van der Waals surface area contributed by atoms with E-state index in [0.29, 0.717) is 83.8 Å². The minimum atomic E-state index is -5.02. The highest BCUT2D eigenvalue weighted by Gasteiger charge is 2.39. The number of unbranched alkanes of at least 4 members (excludes halogenated alkanes) is 18. The Morgan fingerprint density at radius 2 is 0.476 bits per heavy atom. The molecular weight excluding hydrogens is 1690 g/mol. The highest BCUT2D eigenvalue weighted by atomic mass is 31.2. The van der Waals surface area contributed by atoms with Crippen LogP contribution < -0.4 is 0 Å². The molecule has 0 fully saturated rings. The van der Waals surface area contributed by atoms with Crippen LogP contribution in [0.15, 0.2) is 0 Å². The molecule has 0 rings (SSSR count). The third-order valence-electron chi connectivity index (χ3n) is 27.5. The molecule has 3 N–H and O–H groups in total. The van der Waals surface area contributed by atoms with Crippen molar-refractivity contribution in [2.24, 2.45) is 32.5 Å².